The number of nitrogens with zero attached hydrogens (tertiary/aromatic N) is 2. The summed E-state index contributed by atoms with van der Waals surface area (Å²) >= 11 is 17.2. The fourth-order valence-corrected chi connectivity index (χ4v) is 2.00. The number of nitro groups is 1. The van der Waals surface area contributed by atoms with E-state index in [2.05, 4.69) is 10.3 Å². The van der Waals surface area contributed by atoms with Crippen LogP contribution in [0.5, 0.6) is 0 Å². The lowest BCUT2D eigenvalue weighted by Crippen LogP contribution is -2.12. The maximum Gasteiger partial charge on any atom is 0.288 e. The monoisotopic (exact) mass is 345 g/mol. The summed E-state index contributed by atoms with van der Waals surface area (Å²) in [6.45, 7) is 0. The van der Waals surface area contributed by atoms with E-state index >= 15 is 0 Å². The molecule has 0 radical (unpaired) electrons. The Bertz CT molecular complexity index is 737. The van der Waals surface area contributed by atoms with E-state index in [-0.39, 0.29) is 26.4 Å². The molecular formula is C12H6Cl3N3O3. The Balaban J connectivity index is 2.21. The Morgan fingerprint density at radius 3 is 2.48 bits per heavy atom. The average molecular weight is 347 g/mol. The van der Waals surface area contributed by atoms with E-state index < -0.39 is 10.8 Å². The summed E-state index contributed by atoms with van der Waals surface area (Å²) in [5.41, 5.74) is 0.256. The number of nitrogens with one attached hydrogen (secondary N) is 1. The van der Waals surface area contributed by atoms with Crippen molar-refractivity contribution in [2.75, 3.05) is 5.32 Å². The number of aromatic nitrogens is 1. The molecule has 0 unspecified atom stereocenters. The number of anilines is 1. The van der Waals surface area contributed by atoms with Crippen molar-refractivity contribution in [1.29, 1.82) is 0 Å². The smallest absolute Gasteiger partial charge is 0.288 e. The van der Waals surface area contributed by atoms with Gasteiger partial charge in [0.2, 0.25) is 0 Å². The van der Waals surface area contributed by atoms with Crippen molar-refractivity contribution >= 4 is 52.1 Å². The maximum absolute atomic E-state index is 12.0. The molecule has 1 aromatic heterocycles. The van der Waals surface area contributed by atoms with Gasteiger partial charge in [-0.25, -0.2) is 4.98 Å². The van der Waals surface area contributed by atoms with E-state index in [0.717, 1.165) is 0 Å². The van der Waals surface area contributed by atoms with Gasteiger partial charge in [0.25, 0.3) is 11.6 Å². The summed E-state index contributed by atoms with van der Waals surface area (Å²) in [6.07, 6.45) is 1.26. The van der Waals surface area contributed by atoms with Crippen LogP contribution in [-0.2, 0) is 0 Å². The molecule has 0 aliphatic rings. The number of amides is 1. The normalized spacial score (nSPS) is 10.2. The van der Waals surface area contributed by atoms with Crippen LogP contribution in [0.15, 0.2) is 30.5 Å². The van der Waals surface area contributed by atoms with Crippen molar-refractivity contribution < 1.29 is 9.72 Å². The first kappa shape index (κ1) is 15.5. The molecule has 1 heterocycles. The van der Waals surface area contributed by atoms with Gasteiger partial charge in [-0.3, -0.25) is 14.9 Å². The number of benzene rings is 1. The minimum absolute atomic E-state index is 0.0786. The zero-order valence-corrected chi connectivity index (χ0v) is 12.4. The molecule has 9 heteroatoms. The Kier molecular flexibility index (Phi) is 4.62. The molecule has 6 nitrogen and oxygen atoms in total. The zero-order chi connectivity index (χ0) is 15.6. The summed E-state index contributed by atoms with van der Waals surface area (Å²) in [6, 6.07) is 5.21. The van der Waals surface area contributed by atoms with E-state index in [0.29, 0.717) is 5.69 Å². The number of pyridine rings is 1. The van der Waals surface area contributed by atoms with Crippen LogP contribution in [0.2, 0.25) is 15.2 Å². The minimum atomic E-state index is -0.614. The Labute approximate surface area is 133 Å². The highest BCUT2D eigenvalue weighted by Gasteiger charge is 2.14. The van der Waals surface area contributed by atoms with E-state index in [4.69, 9.17) is 34.8 Å². The molecule has 0 aliphatic heterocycles. The third kappa shape index (κ3) is 3.60. The van der Waals surface area contributed by atoms with Crippen molar-refractivity contribution in [2.24, 2.45) is 0 Å². The Morgan fingerprint density at radius 2 is 1.90 bits per heavy atom. The SMILES string of the molecule is O=C(Nc1ccc([N+](=O)[O-])c(Cl)c1)c1cnc(Cl)c(Cl)c1. The third-order valence-electron chi connectivity index (χ3n) is 2.46. The van der Waals surface area contributed by atoms with Crippen LogP contribution in [0.4, 0.5) is 11.4 Å². The third-order valence-corrected chi connectivity index (χ3v) is 3.45. The van der Waals surface area contributed by atoms with E-state index in [9.17, 15) is 14.9 Å². The fraction of sp³-hybridized carbons (Fsp3) is 0. The van der Waals surface area contributed by atoms with Crippen LogP contribution in [0.1, 0.15) is 10.4 Å². The van der Waals surface area contributed by atoms with Gasteiger partial charge in [0.1, 0.15) is 10.2 Å². The quantitative estimate of drug-likeness (QED) is 0.512. The van der Waals surface area contributed by atoms with Crippen molar-refractivity contribution in [2.45, 2.75) is 0 Å². The maximum atomic E-state index is 12.0. The van der Waals surface area contributed by atoms with Gasteiger partial charge in [-0.05, 0) is 18.2 Å². The number of halogens is 3. The second-order valence-electron chi connectivity index (χ2n) is 3.87. The molecule has 21 heavy (non-hydrogen) atoms. The molecule has 1 N–H and O–H groups in total. The number of hydrogen-bond donors (Lipinski definition) is 1. The highest BCUT2D eigenvalue weighted by molar-refractivity contribution is 6.41. The first-order chi connectivity index (χ1) is 9.88. The van der Waals surface area contributed by atoms with E-state index in [1.165, 1.54) is 30.5 Å². The highest BCUT2D eigenvalue weighted by atomic mass is 35.5. The standard InChI is InChI=1S/C12H6Cl3N3O3/c13-8-4-7(1-2-10(8)18(20)21)17-12(19)6-3-9(14)11(15)16-5-6/h1-5H,(H,17,19). The molecular weight excluding hydrogens is 341 g/mol. The van der Waals surface area contributed by atoms with Gasteiger partial charge in [0.15, 0.2) is 0 Å². The molecule has 108 valence electrons. The first-order valence-corrected chi connectivity index (χ1v) is 6.58. The average Bonchev–Trinajstić information content (AvgIpc) is 2.41. The van der Waals surface area contributed by atoms with Crippen molar-refractivity contribution in [3.63, 3.8) is 0 Å². The number of nitro benzene ring substituents is 1. The van der Waals surface area contributed by atoms with Gasteiger partial charge < -0.3 is 5.32 Å². The van der Waals surface area contributed by atoms with Gasteiger partial charge in [-0.15, -0.1) is 0 Å². The number of hydrogen-bond acceptors (Lipinski definition) is 4. The lowest BCUT2D eigenvalue weighted by Gasteiger charge is -2.06. The van der Waals surface area contributed by atoms with Crippen LogP contribution < -0.4 is 5.32 Å². The number of carbonyl (C=O) groups is 1. The van der Waals surface area contributed by atoms with Crippen molar-refractivity contribution in [1.82, 2.24) is 4.98 Å². The molecule has 2 aromatic rings. The topological polar surface area (TPSA) is 85.1 Å². The first-order valence-electron chi connectivity index (χ1n) is 5.45. The van der Waals surface area contributed by atoms with E-state index in [1.807, 2.05) is 0 Å². The van der Waals surface area contributed by atoms with E-state index in [1.54, 1.807) is 0 Å². The van der Waals surface area contributed by atoms with Gasteiger partial charge in [0, 0.05) is 18.0 Å². The fourth-order valence-electron chi connectivity index (χ4n) is 1.48. The summed E-state index contributed by atoms with van der Waals surface area (Å²) in [4.78, 5) is 25.8. The van der Waals surface area contributed by atoms with Gasteiger partial charge >= 0.3 is 0 Å². The largest absolute Gasteiger partial charge is 0.322 e. The molecule has 2 rings (SSSR count). The van der Waals surface area contributed by atoms with Crippen LogP contribution in [0, 0.1) is 10.1 Å². The lowest BCUT2D eigenvalue weighted by atomic mass is 10.2. The van der Waals surface area contributed by atoms with Crippen LogP contribution in [0.25, 0.3) is 0 Å². The summed E-state index contributed by atoms with van der Waals surface area (Å²) in [5, 5.41) is 13.3. The predicted octanol–water partition coefficient (Wildman–Crippen LogP) is 4.20. The minimum Gasteiger partial charge on any atom is -0.322 e. The number of rotatable bonds is 3. The highest BCUT2D eigenvalue weighted by Crippen LogP contribution is 2.27. The molecule has 0 aliphatic carbocycles. The number of carbonyl (C=O) groups excluding carboxylic acids is 1. The van der Waals surface area contributed by atoms with Gasteiger partial charge in [-0.2, -0.15) is 0 Å². The Morgan fingerprint density at radius 1 is 1.19 bits per heavy atom. The molecule has 0 saturated carbocycles. The van der Waals surface area contributed by atoms with Gasteiger partial charge in [-0.1, -0.05) is 34.8 Å². The molecule has 1 amide bonds. The van der Waals surface area contributed by atoms with Crippen molar-refractivity contribution in [3.05, 3.63) is 61.3 Å². The summed E-state index contributed by atoms with van der Waals surface area (Å²) < 4.78 is 0. The predicted molar refractivity (Wildman–Crippen MR) is 80.3 cm³/mol. The van der Waals surface area contributed by atoms with Crippen LogP contribution in [-0.4, -0.2) is 15.8 Å². The van der Waals surface area contributed by atoms with Crippen molar-refractivity contribution in [3.8, 4) is 0 Å². The summed E-state index contributed by atoms with van der Waals surface area (Å²) in [7, 11) is 0. The summed E-state index contributed by atoms with van der Waals surface area (Å²) in [5.74, 6) is -0.494. The molecule has 0 bridgehead atoms. The molecule has 0 saturated heterocycles. The van der Waals surface area contributed by atoms with Gasteiger partial charge in [0.05, 0.1) is 15.5 Å². The second kappa shape index (κ2) is 6.26. The molecule has 0 atom stereocenters. The molecule has 0 fully saturated rings. The van der Waals surface area contributed by atoms with Crippen LogP contribution in [0.3, 0.4) is 0 Å². The zero-order valence-electron chi connectivity index (χ0n) is 10.1. The second-order valence-corrected chi connectivity index (χ2v) is 5.05. The lowest BCUT2D eigenvalue weighted by molar-refractivity contribution is -0.384. The van der Waals surface area contributed by atoms with Crippen LogP contribution >= 0.6 is 34.8 Å². The molecule has 1 aromatic carbocycles. The Hall–Kier alpha value is -1.89. The molecule has 0 spiro atoms.